The first-order valence-corrected chi connectivity index (χ1v) is 7.87. The lowest BCUT2D eigenvalue weighted by atomic mass is 9.90. The normalized spacial score (nSPS) is 11.8. The monoisotopic (exact) mass is 324 g/mol. The molecule has 0 fully saturated rings. The van der Waals surface area contributed by atoms with E-state index in [1.165, 1.54) is 0 Å². The fourth-order valence-electron chi connectivity index (χ4n) is 2.81. The minimum Gasteiger partial charge on any atom is -0.478 e. The number of hydrogen-bond acceptors (Lipinski definition) is 2. The van der Waals surface area contributed by atoms with E-state index in [0.29, 0.717) is 0 Å². The minimum absolute atomic E-state index is 0.262. The molecule has 0 unspecified atom stereocenters. The topological polar surface area (TPSA) is 74.6 Å². The third-order valence-corrected chi connectivity index (χ3v) is 4.03. The van der Waals surface area contributed by atoms with Gasteiger partial charge < -0.3 is 10.2 Å². The van der Waals surface area contributed by atoms with E-state index in [2.05, 4.69) is 13.8 Å². The lowest BCUT2D eigenvalue weighted by Gasteiger charge is -2.14. The Kier molecular flexibility index (Phi) is 5.53. The minimum atomic E-state index is -0.941. The summed E-state index contributed by atoms with van der Waals surface area (Å²) in [6, 6.07) is 13.7. The molecule has 0 aromatic heterocycles. The second-order valence-corrected chi connectivity index (χ2v) is 5.43. The highest BCUT2D eigenvalue weighted by Crippen LogP contribution is 2.31. The van der Waals surface area contributed by atoms with E-state index in [-0.39, 0.29) is 11.1 Å². The van der Waals surface area contributed by atoms with Gasteiger partial charge in [-0.1, -0.05) is 38.1 Å². The number of benzene rings is 2. The molecule has 0 atom stereocenters. The van der Waals surface area contributed by atoms with Crippen molar-refractivity contribution in [2.75, 3.05) is 0 Å². The van der Waals surface area contributed by atoms with Crippen molar-refractivity contribution in [3.63, 3.8) is 0 Å². The highest BCUT2D eigenvalue weighted by Gasteiger charge is 2.11. The molecule has 0 heterocycles. The van der Waals surface area contributed by atoms with Gasteiger partial charge in [-0.05, 0) is 59.4 Å². The van der Waals surface area contributed by atoms with Gasteiger partial charge in [0.05, 0.1) is 11.1 Å². The molecule has 2 aromatic carbocycles. The highest BCUT2D eigenvalue weighted by atomic mass is 16.4. The summed E-state index contributed by atoms with van der Waals surface area (Å²) in [7, 11) is 0. The Labute approximate surface area is 141 Å². The molecule has 4 heteroatoms. The maximum atomic E-state index is 11.0. The summed E-state index contributed by atoms with van der Waals surface area (Å²) < 4.78 is 0. The fraction of sp³-hybridized carbons (Fsp3) is 0.200. The fourth-order valence-corrected chi connectivity index (χ4v) is 2.81. The summed E-state index contributed by atoms with van der Waals surface area (Å²) in [5, 5.41) is 18.0. The third-order valence-electron chi connectivity index (χ3n) is 4.03. The van der Waals surface area contributed by atoms with Crippen LogP contribution >= 0.6 is 0 Å². The van der Waals surface area contributed by atoms with E-state index in [1.54, 1.807) is 24.3 Å². The molecule has 2 rings (SSSR count). The molecule has 0 aliphatic carbocycles. The molecule has 0 spiro atoms. The highest BCUT2D eigenvalue weighted by molar-refractivity contribution is 5.93. The Morgan fingerprint density at radius 3 is 1.08 bits per heavy atom. The second kappa shape index (κ2) is 7.59. The molecule has 0 radical (unpaired) electrons. The molecule has 0 aliphatic heterocycles. The van der Waals surface area contributed by atoms with Gasteiger partial charge in [-0.15, -0.1) is 0 Å². The number of carbonyl (C=O) groups is 2. The molecule has 0 saturated heterocycles. The standard InChI is InChI=1S/C20H20O4/c1-3-17(13-5-9-15(10-6-13)19(21)22)18(4-2)14-7-11-16(12-8-14)20(23)24/h5-12H,3-4H2,1-2H3,(H,21,22)(H,23,24). The van der Waals surface area contributed by atoms with Crippen molar-refractivity contribution >= 4 is 23.1 Å². The van der Waals surface area contributed by atoms with Crippen LogP contribution in [-0.2, 0) is 0 Å². The van der Waals surface area contributed by atoms with E-state index in [9.17, 15) is 9.59 Å². The third kappa shape index (κ3) is 3.71. The molecular formula is C20H20O4. The van der Waals surface area contributed by atoms with E-state index in [1.807, 2.05) is 24.3 Å². The van der Waals surface area contributed by atoms with Crippen molar-refractivity contribution in [1.82, 2.24) is 0 Å². The predicted molar refractivity (Wildman–Crippen MR) is 94.2 cm³/mol. The molecular weight excluding hydrogens is 304 g/mol. The molecule has 0 amide bonds. The van der Waals surface area contributed by atoms with Crippen molar-refractivity contribution in [3.05, 3.63) is 70.8 Å². The maximum Gasteiger partial charge on any atom is 0.335 e. The van der Waals surface area contributed by atoms with Crippen molar-refractivity contribution in [2.45, 2.75) is 26.7 Å². The largest absolute Gasteiger partial charge is 0.478 e. The number of carboxylic acids is 2. The van der Waals surface area contributed by atoms with Gasteiger partial charge in [-0.2, -0.15) is 0 Å². The zero-order valence-corrected chi connectivity index (χ0v) is 13.7. The number of carboxylic acid groups (broad SMARTS) is 2. The van der Waals surface area contributed by atoms with Crippen molar-refractivity contribution in [3.8, 4) is 0 Å². The Bertz CT molecular complexity index is 701. The van der Waals surface area contributed by atoms with E-state index in [4.69, 9.17) is 10.2 Å². The first-order valence-electron chi connectivity index (χ1n) is 7.87. The van der Waals surface area contributed by atoms with Crippen LogP contribution in [0, 0.1) is 0 Å². The van der Waals surface area contributed by atoms with Gasteiger partial charge in [0, 0.05) is 0 Å². The van der Waals surface area contributed by atoms with E-state index >= 15 is 0 Å². The van der Waals surface area contributed by atoms with Crippen LogP contribution in [0.15, 0.2) is 48.5 Å². The zero-order chi connectivity index (χ0) is 17.7. The van der Waals surface area contributed by atoms with Gasteiger partial charge in [-0.25, -0.2) is 9.59 Å². The Balaban J connectivity index is 2.48. The molecule has 124 valence electrons. The number of hydrogen-bond donors (Lipinski definition) is 2. The van der Waals surface area contributed by atoms with Crippen LogP contribution in [0.3, 0.4) is 0 Å². The number of rotatable bonds is 6. The summed E-state index contributed by atoms with van der Waals surface area (Å²) in [5.41, 5.74) is 4.77. The first-order chi connectivity index (χ1) is 11.5. The van der Waals surface area contributed by atoms with Crippen molar-refractivity contribution in [2.24, 2.45) is 0 Å². The summed E-state index contributed by atoms with van der Waals surface area (Å²) in [6.07, 6.45) is 1.60. The van der Waals surface area contributed by atoms with Crippen LogP contribution in [0.5, 0.6) is 0 Å². The van der Waals surface area contributed by atoms with E-state index < -0.39 is 11.9 Å². The Morgan fingerprint density at radius 2 is 0.875 bits per heavy atom. The van der Waals surface area contributed by atoms with Crippen LogP contribution in [0.1, 0.15) is 58.5 Å². The van der Waals surface area contributed by atoms with E-state index in [0.717, 1.165) is 35.1 Å². The quantitative estimate of drug-likeness (QED) is 0.747. The summed E-state index contributed by atoms with van der Waals surface area (Å²) >= 11 is 0. The Hall–Kier alpha value is -2.88. The van der Waals surface area contributed by atoms with Crippen molar-refractivity contribution in [1.29, 1.82) is 0 Å². The predicted octanol–water partition coefficient (Wildman–Crippen LogP) is 4.81. The number of aromatic carboxylic acids is 2. The SMILES string of the molecule is CCC(=C(CC)c1ccc(C(=O)O)cc1)c1ccc(C(=O)O)cc1. The van der Waals surface area contributed by atoms with Crippen LogP contribution < -0.4 is 0 Å². The molecule has 24 heavy (non-hydrogen) atoms. The summed E-state index contributed by atoms with van der Waals surface area (Å²) in [6.45, 7) is 4.11. The van der Waals surface area contributed by atoms with Crippen molar-refractivity contribution < 1.29 is 19.8 Å². The summed E-state index contributed by atoms with van der Waals surface area (Å²) in [5.74, 6) is -1.88. The number of allylic oxidation sites excluding steroid dienone is 2. The van der Waals surface area contributed by atoms with Gasteiger partial charge in [0.15, 0.2) is 0 Å². The Morgan fingerprint density at radius 1 is 0.625 bits per heavy atom. The van der Waals surface area contributed by atoms with Crippen LogP contribution in [0.2, 0.25) is 0 Å². The van der Waals surface area contributed by atoms with Crippen LogP contribution in [0.25, 0.3) is 11.1 Å². The second-order valence-electron chi connectivity index (χ2n) is 5.43. The van der Waals surface area contributed by atoms with Gasteiger partial charge in [0.2, 0.25) is 0 Å². The average Bonchev–Trinajstić information content (AvgIpc) is 2.59. The van der Waals surface area contributed by atoms with Gasteiger partial charge in [0.25, 0.3) is 0 Å². The smallest absolute Gasteiger partial charge is 0.335 e. The lowest BCUT2D eigenvalue weighted by molar-refractivity contribution is 0.0686. The molecule has 2 N–H and O–H groups in total. The zero-order valence-electron chi connectivity index (χ0n) is 13.7. The molecule has 2 aromatic rings. The lowest BCUT2D eigenvalue weighted by Crippen LogP contribution is -1.98. The van der Waals surface area contributed by atoms with Gasteiger partial charge >= 0.3 is 11.9 Å². The molecule has 0 aliphatic rings. The average molecular weight is 324 g/mol. The first kappa shape index (κ1) is 17.5. The van der Waals surface area contributed by atoms with Crippen LogP contribution in [-0.4, -0.2) is 22.2 Å². The molecule has 0 saturated carbocycles. The van der Waals surface area contributed by atoms with Gasteiger partial charge in [0.1, 0.15) is 0 Å². The molecule has 0 bridgehead atoms. The summed E-state index contributed by atoms with van der Waals surface area (Å²) in [4.78, 5) is 22.0. The molecule has 4 nitrogen and oxygen atoms in total. The van der Waals surface area contributed by atoms with Gasteiger partial charge in [-0.3, -0.25) is 0 Å². The van der Waals surface area contributed by atoms with Crippen LogP contribution in [0.4, 0.5) is 0 Å². The maximum absolute atomic E-state index is 11.0.